The third-order valence-electron chi connectivity index (χ3n) is 1.01. The van der Waals surface area contributed by atoms with E-state index in [4.69, 9.17) is 17.3 Å². The number of nitrogens with two attached hydrogens (primary N) is 1. The lowest BCUT2D eigenvalue weighted by molar-refractivity contribution is 1.58. The lowest BCUT2D eigenvalue weighted by atomic mass is 10.3. The molecular formula is C6H4Br2ClN. The largest absolute Gasteiger partial charge is 0.399 e. The van der Waals surface area contributed by atoms with Crippen LogP contribution in [0.1, 0.15) is 0 Å². The van der Waals surface area contributed by atoms with Crippen LogP contribution in [0, 0.1) is 0 Å². The molecule has 54 valence electrons. The lowest BCUT2D eigenvalue weighted by Gasteiger charge is -1.99. The van der Waals surface area contributed by atoms with E-state index in [1.54, 1.807) is 12.1 Å². The zero-order valence-electron chi connectivity index (χ0n) is 4.87. The molecule has 0 heterocycles. The van der Waals surface area contributed by atoms with Crippen molar-refractivity contribution >= 4 is 49.1 Å². The van der Waals surface area contributed by atoms with Gasteiger partial charge in [0.25, 0.3) is 0 Å². The summed E-state index contributed by atoms with van der Waals surface area (Å²) in [6, 6.07) is 3.48. The first-order valence-electron chi connectivity index (χ1n) is 2.51. The van der Waals surface area contributed by atoms with Crippen LogP contribution in [0.15, 0.2) is 21.1 Å². The second kappa shape index (κ2) is 3.11. The first-order valence-corrected chi connectivity index (χ1v) is 4.47. The van der Waals surface area contributed by atoms with E-state index >= 15 is 0 Å². The van der Waals surface area contributed by atoms with E-state index in [0.29, 0.717) is 10.7 Å². The van der Waals surface area contributed by atoms with Crippen molar-refractivity contribution in [1.82, 2.24) is 0 Å². The molecule has 0 bridgehead atoms. The van der Waals surface area contributed by atoms with E-state index in [1.165, 1.54) is 0 Å². The summed E-state index contributed by atoms with van der Waals surface area (Å²) in [5.41, 5.74) is 6.15. The molecule has 1 rings (SSSR count). The van der Waals surface area contributed by atoms with Crippen LogP contribution in [0.3, 0.4) is 0 Å². The molecule has 0 aliphatic rings. The molecule has 0 saturated carbocycles. The second-order valence-corrected chi connectivity index (χ2v) is 3.85. The average Bonchev–Trinajstić information content (AvgIpc) is 1.82. The molecule has 0 radical (unpaired) electrons. The minimum absolute atomic E-state index is 0.617. The van der Waals surface area contributed by atoms with Crippen LogP contribution in [0.4, 0.5) is 5.69 Å². The van der Waals surface area contributed by atoms with Crippen molar-refractivity contribution in [2.45, 2.75) is 0 Å². The maximum atomic E-state index is 5.76. The monoisotopic (exact) mass is 283 g/mol. The minimum atomic E-state index is 0.617. The molecule has 10 heavy (non-hydrogen) atoms. The molecule has 0 aromatic heterocycles. The van der Waals surface area contributed by atoms with Gasteiger partial charge in [-0.3, -0.25) is 0 Å². The number of rotatable bonds is 0. The molecule has 0 aliphatic heterocycles. The topological polar surface area (TPSA) is 26.0 Å². The van der Waals surface area contributed by atoms with Crippen LogP contribution in [-0.4, -0.2) is 0 Å². The molecule has 0 fully saturated rings. The van der Waals surface area contributed by atoms with Crippen molar-refractivity contribution in [2.24, 2.45) is 0 Å². The number of nitrogen functional groups attached to an aromatic ring is 1. The SMILES string of the molecule is Nc1cc(Cl)c(Br)c(Br)c1. The Bertz CT molecular complexity index is 239. The van der Waals surface area contributed by atoms with Crippen LogP contribution in [0.2, 0.25) is 5.02 Å². The fraction of sp³-hybridized carbons (Fsp3) is 0. The molecule has 0 unspecified atom stereocenters. The fourth-order valence-corrected chi connectivity index (χ4v) is 1.62. The maximum Gasteiger partial charge on any atom is 0.0580 e. The predicted octanol–water partition coefficient (Wildman–Crippen LogP) is 3.45. The summed E-state index contributed by atoms with van der Waals surface area (Å²) in [5.74, 6) is 0. The van der Waals surface area contributed by atoms with Crippen LogP contribution in [0.5, 0.6) is 0 Å². The molecule has 1 nitrogen and oxygen atoms in total. The Morgan fingerprint density at radius 1 is 1.30 bits per heavy atom. The molecule has 0 saturated heterocycles. The van der Waals surface area contributed by atoms with Crippen molar-refractivity contribution in [1.29, 1.82) is 0 Å². The lowest BCUT2D eigenvalue weighted by Crippen LogP contribution is -1.84. The standard InChI is InChI=1S/C6H4Br2ClN/c7-4-1-3(10)2-5(9)6(4)8/h1-2H,10H2. The molecule has 1 aromatic carbocycles. The van der Waals surface area contributed by atoms with Gasteiger partial charge < -0.3 is 5.73 Å². The van der Waals surface area contributed by atoms with Gasteiger partial charge in [0.05, 0.1) is 9.50 Å². The van der Waals surface area contributed by atoms with E-state index in [2.05, 4.69) is 31.9 Å². The van der Waals surface area contributed by atoms with Crippen molar-refractivity contribution < 1.29 is 0 Å². The summed E-state index contributed by atoms with van der Waals surface area (Å²) in [6.07, 6.45) is 0. The molecule has 2 N–H and O–H groups in total. The molecule has 0 atom stereocenters. The van der Waals surface area contributed by atoms with Crippen LogP contribution >= 0.6 is 43.5 Å². The van der Waals surface area contributed by atoms with Crippen molar-refractivity contribution in [2.75, 3.05) is 5.73 Å². The molecule has 1 aromatic rings. The van der Waals surface area contributed by atoms with Gasteiger partial charge in [-0.25, -0.2) is 0 Å². The fourth-order valence-electron chi connectivity index (χ4n) is 0.575. The molecule has 0 spiro atoms. The highest BCUT2D eigenvalue weighted by molar-refractivity contribution is 9.13. The predicted molar refractivity (Wildman–Crippen MR) is 51.3 cm³/mol. The zero-order valence-corrected chi connectivity index (χ0v) is 8.79. The third-order valence-corrected chi connectivity index (χ3v) is 3.54. The summed E-state index contributed by atoms with van der Waals surface area (Å²) < 4.78 is 1.71. The van der Waals surface area contributed by atoms with Gasteiger partial charge in [0.15, 0.2) is 0 Å². The Labute approximate surface area is 80.8 Å². The number of halogens is 3. The van der Waals surface area contributed by atoms with E-state index in [9.17, 15) is 0 Å². The first kappa shape index (κ1) is 8.37. The molecule has 4 heteroatoms. The summed E-state index contributed by atoms with van der Waals surface area (Å²) in [4.78, 5) is 0. The van der Waals surface area contributed by atoms with Gasteiger partial charge in [0, 0.05) is 10.2 Å². The van der Waals surface area contributed by atoms with E-state index in [1.807, 2.05) is 0 Å². The quantitative estimate of drug-likeness (QED) is 0.573. The van der Waals surface area contributed by atoms with Crippen LogP contribution in [0.25, 0.3) is 0 Å². The summed E-state index contributed by atoms with van der Waals surface area (Å²) in [5, 5.41) is 0.617. The Kier molecular flexibility index (Phi) is 2.61. The van der Waals surface area contributed by atoms with Gasteiger partial charge in [0.1, 0.15) is 0 Å². The summed E-state index contributed by atoms with van der Waals surface area (Å²) in [6.45, 7) is 0. The third kappa shape index (κ3) is 1.65. The van der Waals surface area contributed by atoms with Gasteiger partial charge in [-0.05, 0) is 44.0 Å². The highest BCUT2D eigenvalue weighted by Gasteiger charge is 2.01. The first-order chi connectivity index (χ1) is 4.61. The van der Waals surface area contributed by atoms with Gasteiger partial charge >= 0.3 is 0 Å². The van der Waals surface area contributed by atoms with E-state index < -0.39 is 0 Å². The maximum absolute atomic E-state index is 5.76. The van der Waals surface area contributed by atoms with Crippen molar-refractivity contribution in [3.8, 4) is 0 Å². The van der Waals surface area contributed by atoms with Gasteiger partial charge in [-0.1, -0.05) is 11.6 Å². The number of anilines is 1. The van der Waals surface area contributed by atoms with Crippen LogP contribution in [-0.2, 0) is 0 Å². The zero-order chi connectivity index (χ0) is 7.72. The number of hydrogen-bond acceptors (Lipinski definition) is 1. The normalized spacial score (nSPS) is 9.90. The Morgan fingerprint density at radius 2 is 1.90 bits per heavy atom. The molecule has 0 amide bonds. The highest BCUT2D eigenvalue weighted by atomic mass is 79.9. The molecular weight excluding hydrogens is 281 g/mol. The van der Waals surface area contributed by atoms with Crippen LogP contribution < -0.4 is 5.73 Å². The summed E-state index contributed by atoms with van der Waals surface area (Å²) >= 11 is 12.3. The molecule has 0 aliphatic carbocycles. The van der Waals surface area contributed by atoms with Gasteiger partial charge in [-0.2, -0.15) is 0 Å². The number of hydrogen-bond donors (Lipinski definition) is 1. The second-order valence-electron chi connectivity index (χ2n) is 1.80. The van der Waals surface area contributed by atoms with Gasteiger partial charge in [0.2, 0.25) is 0 Å². The Morgan fingerprint density at radius 3 is 2.40 bits per heavy atom. The van der Waals surface area contributed by atoms with E-state index in [0.717, 1.165) is 8.95 Å². The average molecular weight is 285 g/mol. The Hall–Kier alpha value is 0.270. The Balaban J connectivity index is 3.31. The smallest absolute Gasteiger partial charge is 0.0580 e. The van der Waals surface area contributed by atoms with E-state index in [-0.39, 0.29) is 0 Å². The minimum Gasteiger partial charge on any atom is -0.399 e. The summed E-state index contributed by atoms with van der Waals surface area (Å²) in [7, 11) is 0. The van der Waals surface area contributed by atoms with Gasteiger partial charge in [-0.15, -0.1) is 0 Å². The highest BCUT2D eigenvalue weighted by Crippen LogP contribution is 2.32. The number of benzene rings is 1. The van der Waals surface area contributed by atoms with Crippen molar-refractivity contribution in [3.05, 3.63) is 26.1 Å². The van der Waals surface area contributed by atoms with Crippen molar-refractivity contribution in [3.63, 3.8) is 0 Å².